The van der Waals surface area contributed by atoms with Crippen LogP contribution < -0.4 is 14.8 Å². The predicted octanol–water partition coefficient (Wildman–Crippen LogP) is 2.11. The second-order valence-electron chi connectivity index (χ2n) is 5.40. The summed E-state index contributed by atoms with van der Waals surface area (Å²) in [6.45, 7) is -0.436. The zero-order valence-electron chi connectivity index (χ0n) is 11.8. The maximum absolute atomic E-state index is 12.7. The molecule has 118 valence electrons. The lowest BCUT2D eigenvalue weighted by Crippen LogP contribution is -2.39. The summed E-state index contributed by atoms with van der Waals surface area (Å²) in [5, 5.41) is 23.3. The molecule has 2 aromatic carbocycles. The van der Waals surface area contributed by atoms with Crippen LogP contribution in [0.2, 0.25) is 0 Å². The molecule has 0 aliphatic carbocycles. The first-order valence-corrected chi connectivity index (χ1v) is 7.71. The van der Waals surface area contributed by atoms with Crippen LogP contribution in [-0.2, 0) is 10.2 Å². The number of aliphatic hydroxyl groups excluding tert-OH is 1. The van der Waals surface area contributed by atoms with Crippen LogP contribution in [-0.4, -0.2) is 29.5 Å². The molecule has 1 amide bonds. The van der Waals surface area contributed by atoms with E-state index in [4.69, 9.17) is 9.47 Å². The smallest absolute Gasteiger partial charge is 0.242 e. The van der Waals surface area contributed by atoms with Gasteiger partial charge in [0, 0.05) is 16.1 Å². The van der Waals surface area contributed by atoms with Crippen molar-refractivity contribution in [1.29, 1.82) is 0 Å². The predicted molar refractivity (Wildman–Crippen MR) is 84.9 cm³/mol. The van der Waals surface area contributed by atoms with E-state index in [1.54, 1.807) is 24.3 Å². The number of rotatable bonds is 2. The molecule has 1 atom stereocenters. The lowest BCUT2D eigenvalue weighted by molar-refractivity contribution is -0.120. The highest BCUT2D eigenvalue weighted by molar-refractivity contribution is 9.10. The third-order valence-electron chi connectivity index (χ3n) is 4.29. The second-order valence-corrected chi connectivity index (χ2v) is 6.26. The molecular weight excluding hydrogens is 366 g/mol. The van der Waals surface area contributed by atoms with Gasteiger partial charge in [-0.2, -0.15) is 0 Å². The van der Waals surface area contributed by atoms with Gasteiger partial charge in [0.1, 0.15) is 11.2 Å². The van der Waals surface area contributed by atoms with E-state index in [1.807, 2.05) is 0 Å². The maximum atomic E-state index is 12.7. The number of carbonyl (C=O) groups is 1. The van der Waals surface area contributed by atoms with Gasteiger partial charge in [-0.15, -0.1) is 0 Å². The van der Waals surface area contributed by atoms with Crippen molar-refractivity contribution in [3.63, 3.8) is 0 Å². The molecule has 1 unspecified atom stereocenters. The Labute approximate surface area is 139 Å². The Morgan fingerprint density at radius 3 is 2.70 bits per heavy atom. The Morgan fingerprint density at radius 1 is 1.22 bits per heavy atom. The number of ether oxygens (including phenoxy) is 2. The lowest BCUT2D eigenvalue weighted by atomic mass is 9.75. The highest BCUT2D eigenvalue weighted by atomic mass is 79.9. The molecule has 0 saturated carbocycles. The Morgan fingerprint density at radius 2 is 1.96 bits per heavy atom. The molecule has 4 rings (SSSR count). The van der Waals surface area contributed by atoms with Gasteiger partial charge in [0.2, 0.25) is 12.7 Å². The summed E-state index contributed by atoms with van der Waals surface area (Å²) in [6.07, 6.45) is 0. The molecule has 0 bridgehead atoms. The number of benzene rings is 2. The van der Waals surface area contributed by atoms with Crippen molar-refractivity contribution >= 4 is 27.5 Å². The summed E-state index contributed by atoms with van der Waals surface area (Å²) < 4.78 is 11.3. The van der Waals surface area contributed by atoms with E-state index in [-0.39, 0.29) is 18.1 Å². The summed E-state index contributed by atoms with van der Waals surface area (Å²) in [5.74, 6) is 0.302. The van der Waals surface area contributed by atoms with Crippen LogP contribution >= 0.6 is 15.9 Å². The first-order valence-electron chi connectivity index (χ1n) is 6.92. The number of carbonyl (C=O) groups excluding carboxylic acids is 1. The van der Waals surface area contributed by atoms with Crippen LogP contribution in [0.15, 0.2) is 34.8 Å². The summed E-state index contributed by atoms with van der Waals surface area (Å²) in [4.78, 5) is 12.7. The fourth-order valence-electron chi connectivity index (χ4n) is 3.13. The molecular formula is C16H12BrNO5. The van der Waals surface area contributed by atoms with Gasteiger partial charge in [-0.3, -0.25) is 4.79 Å². The van der Waals surface area contributed by atoms with Crippen LogP contribution in [0.25, 0.3) is 0 Å². The van der Waals surface area contributed by atoms with E-state index in [0.717, 1.165) is 0 Å². The maximum Gasteiger partial charge on any atom is 0.242 e. The normalized spacial score (nSPS) is 21.2. The number of fused-ring (bicyclic) bond motifs is 2. The van der Waals surface area contributed by atoms with E-state index in [1.165, 1.54) is 6.07 Å². The minimum Gasteiger partial charge on any atom is -0.507 e. The van der Waals surface area contributed by atoms with Gasteiger partial charge in [0.05, 0.1) is 12.3 Å². The summed E-state index contributed by atoms with van der Waals surface area (Å²) in [7, 11) is 0. The van der Waals surface area contributed by atoms with Crippen molar-refractivity contribution in [2.24, 2.45) is 0 Å². The average molecular weight is 378 g/mol. The fourth-order valence-corrected chi connectivity index (χ4v) is 3.60. The molecule has 0 aromatic heterocycles. The standard InChI is InChI=1S/C16H12BrNO5/c17-10-3-1-2-8-14(10)18-15(21)16(8,6-19)9-4-12-13(5-11(9)20)23-7-22-12/h1-5,19-20H,6-7H2,(H,18,21). The number of phenolic OH excluding ortho intramolecular Hbond substituents is 1. The van der Waals surface area contributed by atoms with Crippen LogP contribution in [0.4, 0.5) is 5.69 Å². The van der Waals surface area contributed by atoms with Crippen LogP contribution in [0.5, 0.6) is 17.2 Å². The molecule has 0 fully saturated rings. The molecule has 3 N–H and O–H groups in total. The Kier molecular flexibility index (Phi) is 3.04. The Bertz CT molecular complexity index is 837. The number of nitrogens with one attached hydrogen (secondary N) is 1. The highest BCUT2D eigenvalue weighted by Crippen LogP contribution is 2.50. The van der Waals surface area contributed by atoms with Crippen LogP contribution in [0.1, 0.15) is 11.1 Å². The number of aromatic hydroxyl groups is 1. The summed E-state index contributed by atoms with van der Waals surface area (Å²) in [6, 6.07) is 8.27. The van der Waals surface area contributed by atoms with Gasteiger partial charge < -0.3 is 25.0 Å². The molecule has 2 aliphatic heterocycles. The number of halogens is 1. The van der Waals surface area contributed by atoms with Crippen molar-refractivity contribution in [2.45, 2.75) is 5.41 Å². The van der Waals surface area contributed by atoms with Crippen molar-refractivity contribution in [1.82, 2.24) is 0 Å². The zero-order chi connectivity index (χ0) is 16.2. The molecule has 0 saturated heterocycles. The molecule has 2 aliphatic rings. The van der Waals surface area contributed by atoms with Gasteiger partial charge >= 0.3 is 0 Å². The monoisotopic (exact) mass is 377 g/mol. The number of anilines is 1. The van der Waals surface area contributed by atoms with Gasteiger partial charge in [-0.1, -0.05) is 12.1 Å². The Hall–Kier alpha value is -2.25. The van der Waals surface area contributed by atoms with E-state index >= 15 is 0 Å². The lowest BCUT2D eigenvalue weighted by Gasteiger charge is -2.26. The van der Waals surface area contributed by atoms with Gasteiger partial charge in [0.25, 0.3) is 0 Å². The van der Waals surface area contributed by atoms with Crippen LogP contribution in [0.3, 0.4) is 0 Å². The van der Waals surface area contributed by atoms with E-state index < -0.39 is 17.9 Å². The van der Waals surface area contributed by atoms with E-state index in [2.05, 4.69) is 21.2 Å². The topological polar surface area (TPSA) is 88.0 Å². The van der Waals surface area contributed by atoms with Crippen molar-refractivity contribution < 1.29 is 24.5 Å². The molecule has 0 radical (unpaired) electrons. The minimum absolute atomic E-state index is 0.0542. The number of aliphatic hydroxyl groups is 1. The third kappa shape index (κ3) is 1.80. The Balaban J connectivity index is 2.00. The SMILES string of the molecule is O=C1Nc2c(Br)cccc2C1(CO)c1cc2c(cc1O)OCO2. The van der Waals surface area contributed by atoms with Crippen LogP contribution in [0, 0.1) is 0 Å². The largest absolute Gasteiger partial charge is 0.507 e. The molecule has 0 spiro atoms. The van der Waals surface area contributed by atoms with Gasteiger partial charge in [0.15, 0.2) is 11.5 Å². The number of hydrogen-bond acceptors (Lipinski definition) is 5. The minimum atomic E-state index is -1.40. The van der Waals surface area contributed by atoms with Crippen molar-refractivity contribution in [2.75, 3.05) is 18.7 Å². The average Bonchev–Trinajstić information content (AvgIpc) is 3.09. The van der Waals surface area contributed by atoms with E-state index in [0.29, 0.717) is 27.2 Å². The molecule has 7 heteroatoms. The molecule has 23 heavy (non-hydrogen) atoms. The quantitative estimate of drug-likeness (QED) is 0.745. The second kappa shape index (κ2) is 4.87. The molecule has 2 heterocycles. The summed E-state index contributed by atoms with van der Waals surface area (Å²) >= 11 is 3.39. The number of para-hydroxylation sites is 1. The summed E-state index contributed by atoms with van der Waals surface area (Å²) in [5.41, 5.74) is 0.0558. The van der Waals surface area contributed by atoms with E-state index in [9.17, 15) is 15.0 Å². The van der Waals surface area contributed by atoms with Gasteiger partial charge in [-0.05, 0) is 33.6 Å². The first kappa shape index (κ1) is 14.3. The van der Waals surface area contributed by atoms with Gasteiger partial charge in [-0.25, -0.2) is 0 Å². The first-order chi connectivity index (χ1) is 11.1. The number of hydrogen-bond donors (Lipinski definition) is 3. The van der Waals surface area contributed by atoms with Crippen molar-refractivity contribution in [3.05, 3.63) is 45.9 Å². The fraction of sp³-hybridized carbons (Fsp3) is 0.188. The number of phenols is 1. The molecule has 2 aromatic rings. The molecule has 6 nitrogen and oxygen atoms in total. The third-order valence-corrected chi connectivity index (χ3v) is 4.95. The highest BCUT2D eigenvalue weighted by Gasteiger charge is 2.50. The van der Waals surface area contributed by atoms with Crippen molar-refractivity contribution in [3.8, 4) is 17.2 Å². The zero-order valence-corrected chi connectivity index (χ0v) is 13.4. The number of amides is 1.